The molecule has 33 heavy (non-hydrogen) atoms. The standard InChI is InChI=1S/C25H29N5O3/c1-31-18-9-14(10-19(32-2)23(18)33-3)17-11-27-24-22(28-17)21(29-25(26)30-24)20-15-5-12-4-13(7-15)8-16(20)6-12/h9-13,15-16,20H,4-8H2,1-3H3,(H2,26,27,29,30). The van der Waals surface area contributed by atoms with Gasteiger partial charge in [0.05, 0.1) is 38.9 Å². The highest BCUT2D eigenvalue weighted by Gasteiger charge is 2.49. The molecule has 4 aliphatic carbocycles. The monoisotopic (exact) mass is 447 g/mol. The predicted octanol–water partition coefficient (Wildman–Crippen LogP) is 4.23. The quantitative estimate of drug-likeness (QED) is 0.619. The molecule has 3 aromatic rings. The highest BCUT2D eigenvalue weighted by molar-refractivity contribution is 5.78. The minimum atomic E-state index is 0.279. The summed E-state index contributed by atoms with van der Waals surface area (Å²) in [5, 5.41) is 0. The SMILES string of the molecule is COc1cc(-c2cnc3nc(N)nc(C4C5CC6CC(C5)CC4C6)c3n2)cc(OC)c1OC. The van der Waals surface area contributed by atoms with Gasteiger partial charge in [-0.15, -0.1) is 0 Å². The fraction of sp³-hybridized carbons (Fsp3) is 0.520. The molecule has 0 amide bonds. The van der Waals surface area contributed by atoms with E-state index in [0.717, 1.165) is 28.6 Å². The number of nitrogens with two attached hydrogens (primary N) is 1. The minimum absolute atomic E-state index is 0.279. The van der Waals surface area contributed by atoms with E-state index in [1.807, 2.05) is 12.1 Å². The number of rotatable bonds is 5. The Morgan fingerprint density at radius 3 is 2.03 bits per heavy atom. The third-order valence-corrected chi connectivity index (χ3v) is 7.95. The summed E-state index contributed by atoms with van der Waals surface area (Å²) in [6.45, 7) is 0. The predicted molar refractivity (Wildman–Crippen MR) is 124 cm³/mol. The number of methoxy groups -OCH3 is 3. The van der Waals surface area contributed by atoms with Gasteiger partial charge in [-0.05, 0) is 67.9 Å². The molecule has 2 N–H and O–H groups in total. The molecule has 0 radical (unpaired) electrons. The Hall–Kier alpha value is -3.16. The Kier molecular flexibility index (Phi) is 4.78. The molecule has 4 saturated carbocycles. The van der Waals surface area contributed by atoms with Crippen LogP contribution in [-0.2, 0) is 0 Å². The van der Waals surface area contributed by atoms with E-state index in [1.54, 1.807) is 27.5 Å². The largest absolute Gasteiger partial charge is 0.493 e. The van der Waals surface area contributed by atoms with Crippen molar-refractivity contribution in [3.63, 3.8) is 0 Å². The van der Waals surface area contributed by atoms with Crippen molar-refractivity contribution in [1.29, 1.82) is 0 Å². The topological polar surface area (TPSA) is 105 Å². The van der Waals surface area contributed by atoms with Crippen LogP contribution in [0.25, 0.3) is 22.4 Å². The second-order valence-electron chi connectivity index (χ2n) is 9.77. The Labute approximate surface area is 192 Å². The van der Waals surface area contributed by atoms with Gasteiger partial charge >= 0.3 is 0 Å². The lowest BCUT2D eigenvalue weighted by atomic mass is 9.51. The number of ether oxygens (including phenoxy) is 3. The summed E-state index contributed by atoms with van der Waals surface area (Å²) in [6, 6.07) is 3.77. The molecule has 0 atom stereocenters. The fourth-order valence-electron chi connectivity index (χ4n) is 6.92. The van der Waals surface area contributed by atoms with Gasteiger partial charge in [-0.25, -0.2) is 15.0 Å². The van der Waals surface area contributed by atoms with Crippen LogP contribution in [0.2, 0.25) is 0 Å². The van der Waals surface area contributed by atoms with Gasteiger partial charge in [0.25, 0.3) is 0 Å². The lowest BCUT2D eigenvalue weighted by Crippen LogP contribution is -2.44. The molecule has 172 valence electrons. The van der Waals surface area contributed by atoms with Gasteiger partial charge in [0.15, 0.2) is 17.1 Å². The van der Waals surface area contributed by atoms with E-state index in [0.29, 0.717) is 46.3 Å². The molecule has 4 aliphatic rings. The first-order chi connectivity index (χ1) is 16.1. The second-order valence-corrected chi connectivity index (χ2v) is 9.77. The number of aromatic nitrogens is 4. The van der Waals surface area contributed by atoms with E-state index < -0.39 is 0 Å². The van der Waals surface area contributed by atoms with Crippen LogP contribution in [-0.4, -0.2) is 41.3 Å². The summed E-state index contributed by atoms with van der Waals surface area (Å²) in [4.78, 5) is 18.8. The summed E-state index contributed by atoms with van der Waals surface area (Å²) >= 11 is 0. The third-order valence-electron chi connectivity index (χ3n) is 7.95. The molecular weight excluding hydrogens is 418 g/mol. The lowest BCUT2D eigenvalue weighted by molar-refractivity contribution is -0.00367. The normalized spacial score (nSPS) is 27.7. The molecule has 7 rings (SSSR count). The van der Waals surface area contributed by atoms with E-state index in [4.69, 9.17) is 29.9 Å². The number of hydrogen-bond acceptors (Lipinski definition) is 8. The van der Waals surface area contributed by atoms with Crippen LogP contribution in [0.15, 0.2) is 18.3 Å². The van der Waals surface area contributed by atoms with Crippen molar-refractivity contribution in [2.24, 2.45) is 23.7 Å². The van der Waals surface area contributed by atoms with Crippen LogP contribution in [0.1, 0.15) is 43.7 Å². The molecule has 2 heterocycles. The first-order valence-corrected chi connectivity index (χ1v) is 11.7. The average molecular weight is 448 g/mol. The Bertz CT molecular complexity index is 1180. The van der Waals surface area contributed by atoms with Crippen LogP contribution in [0, 0.1) is 23.7 Å². The van der Waals surface area contributed by atoms with Crippen molar-refractivity contribution in [3.05, 3.63) is 24.0 Å². The maximum Gasteiger partial charge on any atom is 0.222 e. The zero-order valence-corrected chi connectivity index (χ0v) is 19.2. The van der Waals surface area contributed by atoms with E-state index in [9.17, 15) is 0 Å². The number of hydrogen-bond donors (Lipinski definition) is 1. The van der Waals surface area contributed by atoms with Crippen molar-refractivity contribution in [2.75, 3.05) is 27.1 Å². The smallest absolute Gasteiger partial charge is 0.222 e. The Morgan fingerprint density at radius 2 is 1.45 bits per heavy atom. The molecule has 0 aliphatic heterocycles. The summed E-state index contributed by atoms with van der Waals surface area (Å²) in [7, 11) is 4.80. The highest BCUT2D eigenvalue weighted by Crippen LogP contribution is 2.60. The maximum absolute atomic E-state index is 6.14. The molecule has 0 unspecified atom stereocenters. The summed E-state index contributed by atoms with van der Waals surface area (Å²) in [5.41, 5.74) is 9.97. The highest BCUT2D eigenvalue weighted by atomic mass is 16.5. The van der Waals surface area contributed by atoms with Crippen LogP contribution in [0.4, 0.5) is 5.95 Å². The second kappa shape index (κ2) is 7.71. The Balaban J connectivity index is 1.49. The maximum atomic E-state index is 6.14. The van der Waals surface area contributed by atoms with Crippen LogP contribution in [0.5, 0.6) is 17.2 Å². The fourth-order valence-corrected chi connectivity index (χ4v) is 6.92. The number of fused-ring (bicyclic) bond motifs is 1. The van der Waals surface area contributed by atoms with E-state index in [-0.39, 0.29) is 5.95 Å². The molecule has 8 nitrogen and oxygen atoms in total. The average Bonchev–Trinajstić information content (AvgIpc) is 2.82. The van der Waals surface area contributed by atoms with Gasteiger partial charge in [-0.3, -0.25) is 0 Å². The minimum Gasteiger partial charge on any atom is -0.493 e. The third kappa shape index (κ3) is 3.26. The van der Waals surface area contributed by atoms with Gasteiger partial charge in [-0.1, -0.05) is 0 Å². The van der Waals surface area contributed by atoms with E-state index in [2.05, 4.69) is 9.97 Å². The van der Waals surface area contributed by atoms with Gasteiger partial charge in [0, 0.05) is 11.5 Å². The Morgan fingerprint density at radius 1 is 0.818 bits per heavy atom. The zero-order valence-electron chi connectivity index (χ0n) is 19.2. The first kappa shape index (κ1) is 20.4. The number of nitrogen functional groups attached to an aromatic ring is 1. The summed E-state index contributed by atoms with van der Waals surface area (Å²) < 4.78 is 16.5. The van der Waals surface area contributed by atoms with E-state index in [1.165, 1.54) is 32.1 Å². The lowest BCUT2D eigenvalue weighted by Gasteiger charge is -2.54. The molecule has 8 heteroatoms. The molecule has 1 aromatic carbocycles. The molecule has 0 saturated heterocycles. The van der Waals surface area contributed by atoms with Crippen molar-refractivity contribution < 1.29 is 14.2 Å². The summed E-state index contributed by atoms with van der Waals surface area (Å²) in [6.07, 6.45) is 8.31. The van der Waals surface area contributed by atoms with Crippen molar-refractivity contribution >= 4 is 17.1 Å². The number of nitrogens with zero attached hydrogens (tertiary/aromatic N) is 4. The van der Waals surface area contributed by atoms with Crippen molar-refractivity contribution in [1.82, 2.24) is 19.9 Å². The van der Waals surface area contributed by atoms with Gasteiger partial charge in [0.2, 0.25) is 11.7 Å². The van der Waals surface area contributed by atoms with Crippen LogP contribution < -0.4 is 19.9 Å². The van der Waals surface area contributed by atoms with Crippen molar-refractivity contribution in [2.45, 2.75) is 38.0 Å². The summed E-state index contributed by atoms with van der Waals surface area (Å²) in [5.74, 6) is 5.44. The van der Waals surface area contributed by atoms with Gasteiger partial charge in [-0.2, -0.15) is 4.98 Å². The molecule has 0 spiro atoms. The molecular formula is C25H29N5O3. The van der Waals surface area contributed by atoms with Gasteiger partial charge < -0.3 is 19.9 Å². The first-order valence-electron chi connectivity index (χ1n) is 11.7. The molecule has 4 bridgehead atoms. The van der Waals surface area contributed by atoms with Crippen molar-refractivity contribution in [3.8, 4) is 28.5 Å². The zero-order chi connectivity index (χ0) is 22.7. The van der Waals surface area contributed by atoms with E-state index >= 15 is 0 Å². The van der Waals surface area contributed by atoms with Gasteiger partial charge in [0.1, 0.15) is 5.52 Å². The molecule has 4 fully saturated rings. The van der Waals surface area contributed by atoms with Crippen LogP contribution in [0.3, 0.4) is 0 Å². The number of anilines is 1. The number of benzene rings is 1. The molecule has 2 aromatic heterocycles. The van der Waals surface area contributed by atoms with Crippen LogP contribution >= 0.6 is 0 Å².